The van der Waals surface area contributed by atoms with Crippen molar-refractivity contribution in [2.45, 2.75) is 20.3 Å². The predicted octanol–water partition coefficient (Wildman–Crippen LogP) is 5.58. The minimum atomic E-state index is -0.242. The second kappa shape index (κ2) is 9.71. The number of nitrogens with one attached hydrogen (secondary N) is 2. The number of anilines is 2. The van der Waals surface area contributed by atoms with Crippen molar-refractivity contribution in [1.82, 2.24) is 9.78 Å². The number of benzene rings is 3. The summed E-state index contributed by atoms with van der Waals surface area (Å²) in [5.74, 6) is -0.438. The van der Waals surface area contributed by atoms with Crippen LogP contribution in [0.3, 0.4) is 0 Å². The summed E-state index contributed by atoms with van der Waals surface area (Å²) in [6.45, 7) is 3.82. The summed E-state index contributed by atoms with van der Waals surface area (Å²) in [6, 6.07) is 23.4. The molecule has 4 rings (SSSR count). The van der Waals surface area contributed by atoms with E-state index in [0.717, 1.165) is 22.6 Å². The molecule has 166 valence electrons. The van der Waals surface area contributed by atoms with Crippen molar-refractivity contribution in [1.29, 1.82) is 0 Å². The Morgan fingerprint density at radius 1 is 0.848 bits per heavy atom. The summed E-state index contributed by atoms with van der Waals surface area (Å²) in [5, 5.41) is 11.0. The molecule has 0 aliphatic carbocycles. The maximum Gasteiger partial charge on any atom is 0.255 e. The van der Waals surface area contributed by atoms with Crippen molar-refractivity contribution in [3.8, 4) is 5.69 Å². The third-order valence-corrected chi connectivity index (χ3v) is 5.59. The van der Waals surface area contributed by atoms with Gasteiger partial charge in [-0.3, -0.25) is 9.59 Å². The number of aromatic nitrogens is 2. The van der Waals surface area contributed by atoms with Crippen LogP contribution in [-0.4, -0.2) is 21.6 Å². The Bertz CT molecular complexity index is 1300. The average Bonchev–Trinajstić information content (AvgIpc) is 3.09. The summed E-state index contributed by atoms with van der Waals surface area (Å²) in [4.78, 5) is 25.5. The molecule has 0 aliphatic rings. The lowest BCUT2D eigenvalue weighted by Gasteiger charge is -2.12. The Morgan fingerprint density at radius 2 is 1.45 bits per heavy atom. The van der Waals surface area contributed by atoms with Gasteiger partial charge in [0, 0.05) is 21.8 Å². The number of carbonyl (C=O) groups is 2. The number of halogens is 1. The molecule has 2 amide bonds. The molecule has 33 heavy (non-hydrogen) atoms. The van der Waals surface area contributed by atoms with Gasteiger partial charge in [0.1, 0.15) is 0 Å². The molecule has 7 heteroatoms. The van der Waals surface area contributed by atoms with Crippen LogP contribution in [0, 0.1) is 13.8 Å². The van der Waals surface area contributed by atoms with E-state index in [0.29, 0.717) is 22.0 Å². The number of amides is 2. The molecule has 0 aliphatic heterocycles. The molecular weight excluding hydrogens is 436 g/mol. The first kappa shape index (κ1) is 22.3. The number of hydrogen-bond acceptors (Lipinski definition) is 3. The lowest BCUT2D eigenvalue weighted by atomic mass is 10.1. The second-order valence-corrected chi connectivity index (χ2v) is 8.06. The summed E-state index contributed by atoms with van der Waals surface area (Å²) in [5.41, 5.74) is 5.00. The zero-order chi connectivity index (χ0) is 23.4. The number of hydrogen-bond donors (Lipinski definition) is 2. The monoisotopic (exact) mass is 458 g/mol. The minimum Gasteiger partial charge on any atom is -0.324 e. The van der Waals surface area contributed by atoms with Gasteiger partial charge >= 0.3 is 0 Å². The lowest BCUT2D eigenvalue weighted by Crippen LogP contribution is -2.18. The first-order valence-corrected chi connectivity index (χ1v) is 10.9. The SMILES string of the molecule is Cc1nn(-c2ccc(Cl)cc2)c(C)c1CC(=O)Nc1ccccc1NC(=O)c1ccccc1. The van der Waals surface area contributed by atoms with Gasteiger partial charge in [0.15, 0.2) is 0 Å². The molecule has 0 bridgehead atoms. The molecule has 0 spiro atoms. The van der Waals surface area contributed by atoms with E-state index in [1.807, 2.05) is 42.8 Å². The van der Waals surface area contributed by atoms with Gasteiger partial charge in [-0.05, 0) is 62.4 Å². The van der Waals surface area contributed by atoms with Crippen molar-refractivity contribution < 1.29 is 9.59 Å². The summed E-state index contributed by atoms with van der Waals surface area (Å²) in [6.07, 6.45) is 0.159. The van der Waals surface area contributed by atoms with Crippen molar-refractivity contribution in [3.05, 3.63) is 106 Å². The molecule has 0 fully saturated rings. The van der Waals surface area contributed by atoms with Gasteiger partial charge in [0.05, 0.1) is 29.2 Å². The molecule has 0 atom stereocenters. The van der Waals surface area contributed by atoms with Crippen LogP contribution >= 0.6 is 11.6 Å². The lowest BCUT2D eigenvalue weighted by molar-refractivity contribution is -0.115. The van der Waals surface area contributed by atoms with Crippen LogP contribution in [0.1, 0.15) is 27.3 Å². The quantitative estimate of drug-likeness (QED) is 0.396. The minimum absolute atomic E-state index is 0.159. The van der Waals surface area contributed by atoms with E-state index in [-0.39, 0.29) is 18.2 Å². The summed E-state index contributed by atoms with van der Waals surface area (Å²) in [7, 11) is 0. The molecular formula is C26H23ClN4O2. The van der Waals surface area contributed by atoms with E-state index in [2.05, 4.69) is 15.7 Å². The number of carbonyl (C=O) groups excluding carboxylic acids is 2. The van der Waals surface area contributed by atoms with E-state index in [1.165, 1.54) is 0 Å². The molecule has 0 unspecified atom stereocenters. The zero-order valence-electron chi connectivity index (χ0n) is 18.3. The van der Waals surface area contributed by atoms with Crippen LogP contribution in [0.25, 0.3) is 5.69 Å². The Hall–Kier alpha value is -3.90. The maximum atomic E-state index is 12.9. The first-order chi connectivity index (χ1) is 15.9. The third kappa shape index (κ3) is 5.13. The van der Waals surface area contributed by atoms with E-state index in [9.17, 15) is 9.59 Å². The predicted molar refractivity (Wildman–Crippen MR) is 131 cm³/mol. The van der Waals surface area contributed by atoms with Crippen LogP contribution < -0.4 is 10.6 Å². The van der Waals surface area contributed by atoms with Gasteiger partial charge in [-0.25, -0.2) is 4.68 Å². The molecule has 2 N–H and O–H groups in total. The topological polar surface area (TPSA) is 76.0 Å². The molecule has 1 heterocycles. The standard InChI is InChI=1S/C26H23ClN4O2/c1-17-22(18(2)31(30-17)21-14-12-20(27)13-15-21)16-25(32)28-23-10-6-7-11-24(23)29-26(33)19-8-4-3-5-9-19/h3-15H,16H2,1-2H3,(H,28,32)(H,29,33). The number of nitrogens with zero attached hydrogens (tertiary/aromatic N) is 2. The van der Waals surface area contributed by atoms with Crippen molar-refractivity contribution in [3.63, 3.8) is 0 Å². The Kier molecular flexibility index (Phi) is 6.56. The fourth-order valence-electron chi connectivity index (χ4n) is 3.60. The number of para-hydroxylation sites is 2. The summed E-state index contributed by atoms with van der Waals surface area (Å²) < 4.78 is 1.81. The van der Waals surface area contributed by atoms with Gasteiger partial charge in [-0.15, -0.1) is 0 Å². The van der Waals surface area contributed by atoms with Crippen molar-refractivity contribution in [2.24, 2.45) is 0 Å². The first-order valence-electron chi connectivity index (χ1n) is 10.5. The van der Waals surface area contributed by atoms with Crippen molar-refractivity contribution in [2.75, 3.05) is 10.6 Å². The van der Waals surface area contributed by atoms with Crippen LogP contribution in [-0.2, 0) is 11.2 Å². The highest BCUT2D eigenvalue weighted by Crippen LogP contribution is 2.24. The van der Waals surface area contributed by atoms with Gasteiger partial charge in [0.2, 0.25) is 5.91 Å². The Labute approximate surface area is 197 Å². The average molecular weight is 459 g/mol. The Balaban J connectivity index is 1.50. The summed E-state index contributed by atoms with van der Waals surface area (Å²) >= 11 is 5.99. The number of rotatable bonds is 6. The van der Waals surface area contributed by atoms with E-state index in [1.54, 1.807) is 54.6 Å². The van der Waals surface area contributed by atoms with Crippen LogP contribution in [0.15, 0.2) is 78.9 Å². The van der Waals surface area contributed by atoms with Crippen LogP contribution in [0.2, 0.25) is 5.02 Å². The van der Waals surface area contributed by atoms with Gasteiger partial charge in [-0.1, -0.05) is 41.9 Å². The van der Waals surface area contributed by atoms with Gasteiger partial charge < -0.3 is 10.6 Å². The largest absolute Gasteiger partial charge is 0.324 e. The van der Waals surface area contributed by atoms with Gasteiger partial charge in [-0.2, -0.15) is 5.10 Å². The zero-order valence-corrected chi connectivity index (χ0v) is 19.1. The smallest absolute Gasteiger partial charge is 0.255 e. The third-order valence-electron chi connectivity index (χ3n) is 5.34. The van der Waals surface area contributed by atoms with E-state index >= 15 is 0 Å². The Morgan fingerprint density at radius 3 is 2.12 bits per heavy atom. The van der Waals surface area contributed by atoms with Crippen molar-refractivity contribution >= 4 is 34.8 Å². The molecule has 3 aromatic carbocycles. The highest BCUT2D eigenvalue weighted by molar-refractivity contribution is 6.30. The molecule has 4 aromatic rings. The fraction of sp³-hybridized carbons (Fsp3) is 0.115. The van der Waals surface area contributed by atoms with E-state index in [4.69, 9.17) is 11.6 Å². The highest BCUT2D eigenvalue weighted by Gasteiger charge is 2.17. The van der Waals surface area contributed by atoms with Crippen LogP contribution in [0.5, 0.6) is 0 Å². The van der Waals surface area contributed by atoms with E-state index < -0.39 is 0 Å². The molecule has 6 nitrogen and oxygen atoms in total. The molecule has 0 radical (unpaired) electrons. The van der Waals surface area contributed by atoms with Gasteiger partial charge in [0.25, 0.3) is 5.91 Å². The molecule has 0 saturated carbocycles. The number of aryl methyl sites for hydroxylation is 1. The fourth-order valence-corrected chi connectivity index (χ4v) is 3.73. The normalized spacial score (nSPS) is 10.6. The molecule has 1 aromatic heterocycles. The second-order valence-electron chi connectivity index (χ2n) is 7.63. The maximum absolute atomic E-state index is 12.9. The van der Waals surface area contributed by atoms with Crippen LogP contribution in [0.4, 0.5) is 11.4 Å². The molecule has 0 saturated heterocycles. The highest BCUT2D eigenvalue weighted by atomic mass is 35.5.